The highest BCUT2D eigenvalue weighted by atomic mass is 32.1. The molecule has 2 aliphatic rings. The first kappa shape index (κ1) is 17.4. The number of nitrogens with one attached hydrogen (secondary N) is 1. The summed E-state index contributed by atoms with van der Waals surface area (Å²) in [6, 6.07) is 27.9. The Morgan fingerprint density at radius 3 is 2.30 bits per heavy atom. The predicted octanol–water partition coefficient (Wildman–Crippen LogP) is 4.82. The van der Waals surface area contributed by atoms with Crippen LogP contribution in [0.4, 0.5) is 5.69 Å². The summed E-state index contributed by atoms with van der Waals surface area (Å²) >= 11 is 5.90. The molecule has 6 rings (SSSR count). The summed E-state index contributed by atoms with van der Waals surface area (Å²) in [5.74, 6) is 0.0445. The molecule has 0 aliphatic carbocycles. The third-order valence-electron chi connectivity index (χ3n) is 6.18. The van der Waals surface area contributed by atoms with Gasteiger partial charge < -0.3 is 9.88 Å². The first-order chi connectivity index (χ1) is 14.7. The van der Waals surface area contributed by atoms with Crippen LogP contribution in [0.2, 0.25) is 0 Å². The number of H-pyrrole nitrogens is 1. The smallest absolute Gasteiger partial charge is 0.256 e. The molecule has 0 bridgehead atoms. The molecule has 1 aromatic heterocycles. The number of fused-ring (bicyclic) bond motifs is 4. The lowest BCUT2D eigenvalue weighted by Gasteiger charge is -2.37. The van der Waals surface area contributed by atoms with E-state index < -0.39 is 0 Å². The second kappa shape index (κ2) is 6.54. The lowest BCUT2D eigenvalue weighted by Crippen LogP contribution is -2.44. The zero-order valence-corrected chi connectivity index (χ0v) is 17.0. The highest BCUT2D eigenvalue weighted by Crippen LogP contribution is 2.44. The van der Waals surface area contributed by atoms with Gasteiger partial charge in [0.25, 0.3) is 5.91 Å². The Morgan fingerprint density at radius 2 is 1.53 bits per heavy atom. The van der Waals surface area contributed by atoms with E-state index >= 15 is 0 Å². The third kappa shape index (κ3) is 2.39. The zero-order valence-electron chi connectivity index (χ0n) is 16.2. The SMILES string of the molecule is O=C1[C@@H]2Cc3c([nH]c4ccccc34)[C@@H](c3ccccc3)N2C(=S)N1c1ccccc1. The van der Waals surface area contributed by atoms with Gasteiger partial charge in [0.05, 0.1) is 11.7 Å². The van der Waals surface area contributed by atoms with Crippen LogP contribution in [0.25, 0.3) is 10.9 Å². The molecule has 4 nitrogen and oxygen atoms in total. The summed E-state index contributed by atoms with van der Waals surface area (Å²) in [6.45, 7) is 0. The number of aromatic amines is 1. The molecule has 1 amide bonds. The molecule has 3 aromatic carbocycles. The van der Waals surface area contributed by atoms with Crippen molar-refractivity contribution in [3.05, 3.63) is 102 Å². The average molecular weight is 410 g/mol. The van der Waals surface area contributed by atoms with Gasteiger partial charge in [-0.15, -0.1) is 0 Å². The molecular weight excluding hydrogens is 390 g/mol. The number of hydrogen-bond donors (Lipinski definition) is 1. The van der Waals surface area contributed by atoms with Gasteiger partial charge in [-0.05, 0) is 41.5 Å². The predicted molar refractivity (Wildman–Crippen MR) is 122 cm³/mol. The number of aromatic nitrogens is 1. The van der Waals surface area contributed by atoms with E-state index in [1.165, 1.54) is 10.9 Å². The Labute approximate surface area is 179 Å². The van der Waals surface area contributed by atoms with Crippen molar-refractivity contribution in [1.82, 2.24) is 9.88 Å². The van der Waals surface area contributed by atoms with Crippen LogP contribution in [-0.4, -0.2) is 26.9 Å². The fraction of sp³-hybridized carbons (Fsp3) is 0.120. The van der Waals surface area contributed by atoms with Crippen molar-refractivity contribution in [3.63, 3.8) is 0 Å². The highest BCUT2D eigenvalue weighted by molar-refractivity contribution is 7.80. The van der Waals surface area contributed by atoms with Crippen LogP contribution in [0.3, 0.4) is 0 Å². The molecule has 0 saturated carbocycles. The van der Waals surface area contributed by atoms with Gasteiger partial charge in [0.2, 0.25) is 0 Å². The number of nitrogens with zero attached hydrogens (tertiary/aromatic N) is 2. The van der Waals surface area contributed by atoms with Gasteiger partial charge in [-0.25, -0.2) is 0 Å². The van der Waals surface area contributed by atoms with Gasteiger partial charge >= 0.3 is 0 Å². The molecule has 146 valence electrons. The lowest BCUT2D eigenvalue weighted by atomic mass is 9.89. The minimum atomic E-state index is -0.311. The van der Waals surface area contributed by atoms with Gasteiger partial charge in [0, 0.05) is 23.0 Å². The molecule has 1 fully saturated rings. The van der Waals surface area contributed by atoms with Crippen molar-refractivity contribution < 1.29 is 4.79 Å². The van der Waals surface area contributed by atoms with Crippen LogP contribution >= 0.6 is 12.2 Å². The zero-order chi connectivity index (χ0) is 20.2. The highest BCUT2D eigenvalue weighted by Gasteiger charge is 2.50. The van der Waals surface area contributed by atoms with Crippen molar-refractivity contribution in [2.75, 3.05) is 4.90 Å². The molecule has 1 saturated heterocycles. The van der Waals surface area contributed by atoms with Crippen molar-refractivity contribution in [3.8, 4) is 0 Å². The minimum absolute atomic E-state index is 0.0445. The molecular formula is C25H19N3OS. The second-order valence-electron chi connectivity index (χ2n) is 7.79. The van der Waals surface area contributed by atoms with Crippen LogP contribution in [0.5, 0.6) is 0 Å². The van der Waals surface area contributed by atoms with E-state index in [1.54, 1.807) is 4.90 Å². The van der Waals surface area contributed by atoms with Crippen molar-refractivity contribution in [2.24, 2.45) is 0 Å². The molecule has 0 spiro atoms. The first-order valence-electron chi connectivity index (χ1n) is 10.1. The van der Waals surface area contributed by atoms with E-state index in [0.717, 1.165) is 22.5 Å². The van der Waals surface area contributed by atoms with Gasteiger partial charge in [-0.1, -0.05) is 66.7 Å². The van der Waals surface area contributed by atoms with Gasteiger partial charge in [0.1, 0.15) is 6.04 Å². The Bertz CT molecular complexity index is 1280. The van der Waals surface area contributed by atoms with Gasteiger partial charge in [-0.3, -0.25) is 9.69 Å². The van der Waals surface area contributed by atoms with E-state index in [0.29, 0.717) is 11.5 Å². The van der Waals surface area contributed by atoms with Crippen LogP contribution in [0, 0.1) is 0 Å². The lowest BCUT2D eigenvalue weighted by molar-refractivity contribution is -0.120. The molecule has 4 aromatic rings. The maximum atomic E-state index is 13.6. The maximum absolute atomic E-state index is 13.6. The van der Waals surface area contributed by atoms with Crippen molar-refractivity contribution in [2.45, 2.75) is 18.5 Å². The number of anilines is 1. The molecule has 30 heavy (non-hydrogen) atoms. The summed E-state index contributed by atoms with van der Waals surface area (Å²) in [5, 5.41) is 1.75. The van der Waals surface area contributed by atoms with E-state index in [9.17, 15) is 4.79 Å². The second-order valence-corrected chi connectivity index (χ2v) is 8.16. The summed E-state index contributed by atoms with van der Waals surface area (Å²) in [7, 11) is 0. The Hall–Kier alpha value is -3.44. The fourth-order valence-corrected chi connectivity index (χ4v) is 5.30. The van der Waals surface area contributed by atoms with Crippen molar-refractivity contribution >= 4 is 39.8 Å². The normalized spacial score (nSPS) is 20.5. The number of carbonyl (C=O) groups excluding carboxylic acids is 1. The van der Waals surface area contributed by atoms with E-state index in [4.69, 9.17) is 12.2 Å². The van der Waals surface area contributed by atoms with E-state index in [2.05, 4.69) is 40.2 Å². The Morgan fingerprint density at radius 1 is 0.867 bits per heavy atom. The largest absolute Gasteiger partial charge is 0.356 e. The number of amides is 1. The average Bonchev–Trinajstić information content (AvgIpc) is 3.28. The van der Waals surface area contributed by atoms with Crippen LogP contribution in [0.15, 0.2) is 84.9 Å². The summed E-state index contributed by atoms with van der Waals surface area (Å²) in [6.07, 6.45) is 0.644. The number of rotatable bonds is 2. The first-order valence-corrected chi connectivity index (χ1v) is 10.5. The number of benzene rings is 3. The van der Waals surface area contributed by atoms with Crippen molar-refractivity contribution in [1.29, 1.82) is 0 Å². The Kier molecular flexibility index (Phi) is 3.80. The molecule has 3 heterocycles. The number of hydrogen-bond acceptors (Lipinski definition) is 2. The summed E-state index contributed by atoms with van der Waals surface area (Å²) in [4.78, 5) is 21.0. The van der Waals surface area contributed by atoms with E-state index in [1.807, 2.05) is 54.6 Å². The summed E-state index contributed by atoms with van der Waals surface area (Å²) in [5.41, 5.74) is 5.39. The quantitative estimate of drug-likeness (QED) is 0.483. The number of para-hydroxylation sites is 2. The minimum Gasteiger partial charge on any atom is -0.356 e. The summed E-state index contributed by atoms with van der Waals surface area (Å²) < 4.78 is 0. The standard InChI is InChI=1S/C25H19N3OS/c29-24-21-15-19-18-13-7-8-14-20(18)26-22(19)23(16-9-3-1-4-10-16)28(21)25(30)27(24)17-11-5-2-6-12-17/h1-14,21,23,26H,15H2/t21-,23+/m0/s1. The van der Waals surface area contributed by atoms with E-state index in [-0.39, 0.29) is 18.0 Å². The Balaban J connectivity index is 1.56. The van der Waals surface area contributed by atoms with Gasteiger partial charge in [-0.2, -0.15) is 0 Å². The molecule has 0 unspecified atom stereocenters. The fourth-order valence-electron chi connectivity index (χ4n) is 4.87. The monoisotopic (exact) mass is 409 g/mol. The molecule has 2 aliphatic heterocycles. The molecule has 1 N–H and O–H groups in total. The van der Waals surface area contributed by atoms with Gasteiger partial charge in [0.15, 0.2) is 5.11 Å². The molecule has 2 atom stereocenters. The van der Waals surface area contributed by atoms with Crippen LogP contribution < -0.4 is 4.90 Å². The third-order valence-corrected chi connectivity index (χ3v) is 6.57. The maximum Gasteiger partial charge on any atom is 0.256 e. The number of carbonyl (C=O) groups is 1. The molecule has 5 heteroatoms. The van der Waals surface area contributed by atoms with Crippen LogP contribution in [0.1, 0.15) is 22.9 Å². The topological polar surface area (TPSA) is 39.3 Å². The number of thiocarbonyl (C=S) groups is 1. The van der Waals surface area contributed by atoms with Crippen LogP contribution in [-0.2, 0) is 11.2 Å². The molecule has 0 radical (unpaired) electrons.